The molecule has 0 aromatic carbocycles. The summed E-state index contributed by atoms with van der Waals surface area (Å²) in [6.07, 6.45) is 3.39. The molecule has 0 N–H and O–H groups in total. The second-order valence-corrected chi connectivity index (χ2v) is 4.81. The second kappa shape index (κ2) is 6.59. The van der Waals surface area contributed by atoms with Crippen molar-refractivity contribution in [1.82, 2.24) is 0 Å². The Morgan fingerprint density at radius 2 is 1.73 bits per heavy atom. The molecule has 0 aliphatic rings. The Hall–Kier alpha value is -0.860. The first-order valence-electron chi connectivity index (χ1n) is 5.46. The zero-order valence-corrected chi connectivity index (χ0v) is 10.3. The summed E-state index contributed by atoms with van der Waals surface area (Å²) in [6, 6.07) is 0. The van der Waals surface area contributed by atoms with Gasteiger partial charge in [-0.15, -0.1) is 0 Å². The van der Waals surface area contributed by atoms with Crippen LogP contribution in [0.5, 0.6) is 0 Å². The van der Waals surface area contributed by atoms with Gasteiger partial charge in [-0.1, -0.05) is 13.8 Å². The van der Waals surface area contributed by atoms with Gasteiger partial charge in [0.2, 0.25) is 0 Å². The van der Waals surface area contributed by atoms with Gasteiger partial charge in [0.25, 0.3) is 0 Å². The number of Topliss-reactive ketones (excluding diaryl/α,β-unsaturated/α-hetero) is 1. The summed E-state index contributed by atoms with van der Waals surface area (Å²) in [5, 5.41) is 0. The first-order chi connectivity index (χ1) is 6.83. The monoisotopic (exact) mass is 214 g/mol. The maximum Gasteiger partial charge on any atom is 0.302 e. The number of carbonyl (C=O) groups excluding carboxylic acids is 2. The molecule has 0 heterocycles. The van der Waals surface area contributed by atoms with E-state index in [9.17, 15) is 9.59 Å². The Balaban J connectivity index is 3.64. The zero-order valence-electron chi connectivity index (χ0n) is 10.3. The summed E-state index contributed by atoms with van der Waals surface area (Å²) in [6.45, 7) is 7.81. The van der Waals surface area contributed by atoms with Gasteiger partial charge in [0.15, 0.2) is 0 Å². The predicted molar refractivity (Wildman–Crippen MR) is 59.6 cm³/mol. The van der Waals surface area contributed by atoms with Crippen molar-refractivity contribution in [2.24, 2.45) is 5.41 Å². The normalized spacial score (nSPS) is 11.2. The Labute approximate surface area is 92.2 Å². The smallest absolute Gasteiger partial charge is 0.302 e. The van der Waals surface area contributed by atoms with Crippen molar-refractivity contribution < 1.29 is 14.3 Å². The third-order valence-corrected chi connectivity index (χ3v) is 2.46. The molecule has 0 unspecified atom stereocenters. The van der Waals surface area contributed by atoms with Crippen molar-refractivity contribution in [3.63, 3.8) is 0 Å². The van der Waals surface area contributed by atoms with Crippen LogP contribution in [0, 0.1) is 5.41 Å². The summed E-state index contributed by atoms with van der Waals surface area (Å²) in [7, 11) is 0. The molecule has 0 amide bonds. The van der Waals surface area contributed by atoms with E-state index in [1.54, 1.807) is 6.92 Å². The minimum Gasteiger partial charge on any atom is -0.466 e. The zero-order chi connectivity index (χ0) is 11.9. The van der Waals surface area contributed by atoms with Gasteiger partial charge in [-0.05, 0) is 31.6 Å². The number of hydrogen-bond donors (Lipinski definition) is 0. The summed E-state index contributed by atoms with van der Waals surface area (Å²) in [4.78, 5) is 21.4. The molecule has 0 fully saturated rings. The van der Waals surface area contributed by atoms with Crippen LogP contribution in [0.2, 0.25) is 0 Å². The van der Waals surface area contributed by atoms with Gasteiger partial charge in [0, 0.05) is 13.3 Å². The van der Waals surface area contributed by atoms with E-state index in [0.29, 0.717) is 13.0 Å². The summed E-state index contributed by atoms with van der Waals surface area (Å²) < 4.78 is 4.86. The molecule has 15 heavy (non-hydrogen) atoms. The number of hydrogen-bond acceptors (Lipinski definition) is 3. The van der Waals surface area contributed by atoms with E-state index < -0.39 is 0 Å². The Morgan fingerprint density at radius 1 is 1.13 bits per heavy atom. The number of ether oxygens (including phenoxy) is 1. The minimum absolute atomic E-state index is 0.159. The number of carbonyl (C=O) groups is 2. The standard InChI is InChI=1S/C12H22O3/c1-10(13)6-8-12(3,4)7-5-9-15-11(2)14/h5-9H2,1-4H3. The molecule has 0 radical (unpaired) electrons. The van der Waals surface area contributed by atoms with Crippen molar-refractivity contribution in [3.05, 3.63) is 0 Å². The lowest BCUT2D eigenvalue weighted by atomic mass is 9.83. The van der Waals surface area contributed by atoms with Gasteiger partial charge in [0.1, 0.15) is 5.78 Å². The first kappa shape index (κ1) is 14.1. The highest BCUT2D eigenvalue weighted by Gasteiger charge is 2.17. The van der Waals surface area contributed by atoms with Crippen LogP contribution in [0.25, 0.3) is 0 Å². The van der Waals surface area contributed by atoms with Crippen LogP contribution >= 0.6 is 0 Å². The highest BCUT2D eigenvalue weighted by molar-refractivity contribution is 5.75. The van der Waals surface area contributed by atoms with Crippen LogP contribution in [-0.4, -0.2) is 18.4 Å². The average Bonchev–Trinajstić information content (AvgIpc) is 2.09. The molecule has 3 heteroatoms. The molecule has 88 valence electrons. The number of ketones is 1. The summed E-state index contributed by atoms with van der Waals surface area (Å²) >= 11 is 0. The number of rotatable bonds is 7. The lowest BCUT2D eigenvalue weighted by Gasteiger charge is -2.23. The maximum absolute atomic E-state index is 10.8. The van der Waals surface area contributed by atoms with E-state index in [1.165, 1.54) is 6.92 Å². The molecular weight excluding hydrogens is 192 g/mol. The van der Waals surface area contributed by atoms with E-state index in [-0.39, 0.29) is 17.2 Å². The Kier molecular flexibility index (Phi) is 6.21. The molecule has 0 aromatic heterocycles. The highest BCUT2D eigenvalue weighted by atomic mass is 16.5. The van der Waals surface area contributed by atoms with E-state index in [4.69, 9.17) is 4.74 Å². The Bertz CT molecular complexity index is 219. The van der Waals surface area contributed by atoms with Crippen molar-refractivity contribution >= 4 is 11.8 Å². The van der Waals surface area contributed by atoms with Gasteiger partial charge in [-0.25, -0.2) is 0 Å². The molecule has 3 nitrogen and oxygen atoms in total. The van der Waals surface area contributed by atoms with Gasteiger partial charge < -0.3 is 9.53 Å². The average molecular weight is 214 g/mol. The van der Waals surface area contributed by atoms with Crippen molar-refractivity contribution in [3.8, 4) is 0 Å². The van der Waals surface area contributed by atoms with Crippen LogP contribution in [0.15, 0.2) is 0 Å². The first-order valence-corrected chi connectivity index (χ1v) is 5.46. The fourth-order valence-electron chi connectivity index (χ4n) is 1.41. The SMILES string of the molecule is CC(=O)CCC(C)(C)CCCOC(C)=O. The van der Waals surface area contributed by atoms with E-state index in [2.05, 4.69) is 13.8 Å². The fourth-order valence-corrected chi connectivity index (χ4v) is 1.41. The maximum atomic E-state index is 10.8. The van der Waals surface area contributed by atoms with Gasteiger partial charge in [-0.3, -0.25) is 4.79 Å². The topological polar surface area (TPSA) is 43.4 Å². The van der Waals surface area contributed by atoms with Crippen LogP contribution in [0.4, 0.5) is 0 Å². The van der Waals surface area contributed by atoms with Crippen LogP contribution in [0.3, 0.4) is 0 Å². The third kappa shape index (κ3) is 9.44. The molecule has 0 aliphatic heterocycles. The van der Waals surface area contributed by atoms with Gasteiger partial charge >= 0.3 is 5.97 Å². The molecule has 0 spiro atoms. The third-order valence-electron chi connectivity index (χ3n) is 2.46. The lowest BCUT2D eigenvalue weighted by Crippen LogP contribution is -2.14. The van der Waals surface area contributed by atoms with Crippen LogP contribution in [0.1, 0.15) is 53.4 Å². The van der Waals surface area contributed by atoms with Gasteiger partial charge in [0.05, 0.1) is 6.61 Å². The molecule has 0 bridgehead atoms. The van der Waals surface area contributed by atoms with E-state index in [1.807, 2.05) is 0 Å². The van der Waals surface area contributed by atoms with E-state index in [0.717, 1.165) is 19.3 Å². The molecule has 0 aromatic rings. The molecular formula is C12H22O3. The molecule has 0 rings (SSSR count). The fraction of sp³-hybridized carbons (Fsp3) is 0.833. The molecule has 0 saturated carbocycles. The van der Waals surface area contributed by atoms with E-state index >= 15 is 0 Å². The summed E-state index contributed by atoms with van der Waals surface area (Å²) in [5.41, 5.74) is 0.159. The molecule has 0 saturated heterocycles. The minimum atomic E-state index is -0.225. The van der Waals surface area contributed by atoms with Gasteiger partial charge in [-0.2, -0.15) is 0 Å². The van der Waals surface area contributed by atoms with Crippen LogP contribution in [-0.2, 0) is 14.3 Å². The van der Waals surface area contributed by atoms with Crippen LogP contribution < -0.4 is 0 Å². The second-order valence-electron chi connectivity index (χ2n) is 4.81. The number of esters is 1. The quantitative estimate of drug-likeness (QED) is 0.483. The molecule has 0 atom stereocenters. The summed E-state index contributed by atoms with van der Waals surface area (Å²) in [5.74, 6) is 0.0135. The molecule has 0 aliphatic carbocycles. The highest BCUT2D eigenvalue weighted by Crippen LogP contribution is 2.28. The largest absolute Gasteiger partial charge is 0.466 e. The van der Waals surface area contributed by atoms with Crippen molar-refractivity contribution in [1.29, 1.82) is 0 Å². The van der Waals surface area contributed by atoms with Crippen molar-refractivity contribution in [2.75, 3.05) is 6.61 Å². The lowest BCUT2D eigenvalue weighted by molar-refractivity contribution is -0.141. The predicted octanol–water partition coefficient (Wildman–Crippen LogP) is 2.73. The Morgan fingerprint density at radius 3 is 2.20 bits per heavy atom. The van der Waals surface area contributed by atoms with Crippen molar-refractivity contribution in [2.45, 2.75) is 53.4 Å².